The number of carbonyl (C=O) groups is 2. The minimum Gasteiger partial charge on any atom is -0.467 e. The maximum absolute atomic E-state index is 15.0. The van der Waals surface area contributed by atoms with Crippen LogP contribution in [0.3, 0.4) is 0 Å². The van der Waals surface area contributed by atoms with Crippen LogP contribution < -0.4 is 15.4 Å². The third kappa shape index (κ3) is 4.77. The second-order valence-corrected chi connectivity index (χ2v) is 10.4. The number of nitrogens with zero attached hydrogens (tertiary/aromatic N) is 4. The Bertz CT molecular complexity index is 1640. The van der Waals surface area contributed by atoms with Gasteiger partial charge in [-0.1, -0.05) is 35.0 Å². The van der Waals surface area contributed by atoms with Crippen molar-refractivity contribution in [1.82, 2.24) is 30.7 Å². The summed E-state index contributed by atoms with van der Waals surface area (Å²) in [6, 6.07) is 8.60. The summed E-state index contributed by atoms with van der Waals surface area (Å²) in [5.74, 6) is -0.737. The van der Waals surface area contributed by atoms with Crippen LogP contribution in [0.15, 0.2) is 47.2 Å². The Morgan fingerprint density at radius 1 is 1.18 bits per heavy atom. The average molecular weight is 563 g/mol. The van der Waals surface area contributed by atoms with Gasteiger partial charge in [-0.25, -0.2) is 14.4 Å². The highest BCUT2D eigenvalue weighted by molar-refractivity contribution is 6.31. The Morgan fingerprint density at radius 3 is 2.62 bits per heavy atom. The summed E-state index contributed by atoms with van der Waals surface area (Å²) in [6.45, 7) is 1.64. The van der Waals surface area contributed by atoms with Crippen LogP contribution in [0, 0.1) is 12.7 Å². The summed E-state index contributed by atoms with van der Waals surface area (Å²) >= 11 is 6.21. The van der Waals surface area contributed by atoms with Crippen molar-refractivity contribution in [2.24, 2.45) is 0 Å². The molecule has 2 aromatic carbocycles. The van der Waals surface area contributed by atoms with Gasteiger partial charge in [-0.05, 0) is 60.1 Å². The minimum absolute atomic E-state index is 0.144. The molecule has 0 radical (unpaired) electrons. The van der Waals surface area contributed by atoms with Crippen LogP contribution in [0.25, 0.3) is 22.5 Å². The van der Waals surface area contributed by atoms with Gasteiger partial charge in [0, 0.05) is 24.3 Å². The molecule has 0 aliphatic heterocycles. The smallest absolute Gasteiger partial charge is 0.316 e. The molecule has 2 aliphatic rings. The lowest BCUT2D eigenvalue weighted by Crippen LogP contribution is -2.49. The maximum atomic E-state index is 15.0. The Kier molecular flexibility index (Phi) is 6.46. The number of hydrogen-bond donors (Lipinski definition) is 2. The Morgan fingerprint density at radius 2 is 1.95 bits per heavy atom. The van der Waals surface area contributed by atoms with Crippen molar-refractivity contribution in [2.75, 3.05) is 7.11 Å². The zero-order chi connectivity index (χ0) is 28.0. The number of ether oxygens (including phenoxy) is 1. The predicted octanol–water partition coefficient (Wildman–Crippen LogP) is 4.37. The zero-order valence-electron chi connectivity index (χ0n) is 21.6. The predicted molar refractivity (Wildman–Crippen MR) is 142 cm³/mol. The molecule has 1 atom stereocenters. The van der Waals surface area contributed by atoms with Gasteiger partial charge in [-0.3, -0.25) is 9.59 Å². The number of halogens is 2. The highest BCUT2D eigenvalue weighted by Gasteiger charge is 2.52. The number of carbonyl (C=O) groups excluding carboxylic acids is 2. The fourth-order valence-corrected chi connectivity index (χ4v) is 5.23. The Hall–Kier alpha value is -4.38. The summed E-state index contributed by atoms with van der Waals surface area (Å²) in [6.07, 6.45) is 5.21. The van der Waals surface area contributed by atoms with Crippen molar-refractivity contribution in [1.29, 1.82) is 0 Å². The summed E-state index contributed by atoms with van der Waals surface area (Å²) in [5, 5.41) is 10.1. The second kappa shape index (κ2) is 9.98. The number of aromatic nitrogens is 4. The van der Waals surface area contributed by atoms with Gasteiger partial charge in [0.15, 0.2) is 0 Å². The average Bonchev–Trinajstić information content (AvgIpc) is 3.43. The normalized spacial score (nSPS) is 16.8. The second-order valence-electron chi connectivity index (χ2n) is 9.92. The van der Waals surface area contributed by atoms with Gasteiger partial charge in [0.2, 0.25) is 17.6 Å². The van der Waals surface area contributed by atoms with Crippen molar-refractivity contribution >= 4 is 23.4 Å². The van der Waals surface area contributed by atoms with E-state index < -0.39 is 17.3 Å². The lowest BCUT2D eigenvalue weighted by molar-refractivity contribution is -0.124. The third-order valence-corrected chi connectivity index (χ3v) is 7.47. The number of amides is 2. The molecular formula is C28H24ClFN6O4. The number of hydrogen-bond acceptors (Lipinski definition) is 8. The van der Waals surface area contributed by atoms with E-state index in [4.69, 9.17) is 20.9 Å². The molecule has 10 nitrogen and oxygen atoms in total. The summed E-state index contributed by atoms with van der Waals surface area (Å²) in [4.78, 5) is 38.1. The quantitative estimate of drug-likeness (QED) is 0.339. The van der Waals surface area contributed by atoms with Gasteiger partial charge < -0.3 is 19.9 Å². The first-order chi connectivity index (χ1) is 19.3. The fraction of sp³-hybridized carbons (Fsp3) is 0.286. The van der Waals surface area contributed by atoms with Gasteiger partial charge >= 0.3 is 6.01 Å². The highest BCUT2D eigenvalue weighted by atomic mass is 35.5. The van der Waals surface area contributed by atoms with Crippen LogP contribution in [0.1, 0.15) is 52.7 Å². The monoisotopic (exact) mass is 562 g/mol. The molecule has 0 bridgehead atoms. The number of nitrogens with one attached hydrogen (secondary N) is 2. The molecule has 1 fully saturated rings. The lowest BCUT2D eigenvalue weighted by atomic mass is 9.95. The van der Waals surface area contributed by atoms with Crippen molar-refractivity contribution < 1.29 is 23.2 Å². The van der Waals surface area contributed by atoms with E-state index in [0.717, 1.165) is 23.1 Å². The van der Waals surface area contributed by atoms with Crippen LogP contribution in [0.2, 0.25) is 5.02 Å². The molecule has 2 heterocycles. The molecule has 12 heteroatoms. The standard InChI is InChI=1S/C28H24ClFN6O4/c1-14-33-24(36-40-14)23-20(10-18(29)11-21(23)30)16-3-5-19-15(9-16)4-6-22(19)34-26(38)28(7-8-28)35-25(37)17-12-31-27(39-2)32-13-17/h3,5,9-13,22H,4,6-8H2,1-2H3,(H,34,38)(H,35,37). The van der Waals surface area contributed by atoms with E-state index in [0.29, 0.717) is 30.7 Å². The number of rotatable bonds is 7. The topological polar surface area (TPSA) is 132 Å². The summed E-state index contributed by atoms with van der Waals surface area (Å²) in [5.41, 5.74) is 2.78. The molecule has 2 aliphatic carbocycles. The molecule has 1 unspecified atom stereocenters. The first-order valence-corrected chi connectivity index (χ1v) is 13.1. The third-order valence-electron chi connectivity index (χ3n) is 7.25. The lowest BCUT2D eigenvalue weighted by Gasteiger charge is -2.21. The molecule has 4 aromatic rings. The van der Waals surface area contributed by atoms with Gasteiger partial charge in [0.1, 0.15) is 11.4 Å². The molecule has 2 aromatic heterocycles. The maximum Gasteiger partial charge on any atom is 0.316 e. The van der Waals surface area contributed by atoms with Crippen LogP contribution in [0.5, 0.6) is 6.01 Å². The number of aryl methyl sites for hydroxylation is 2. The summed E-state index contributed by atoms with van der Waals surface area (Å²) < 4.78 is 25.0. The fourth-order valence-electron chi connectivity index (χ4n) is 5.02. The van der Waals surface area contributed by atoms with Crippen molar-refractivity contribution in [3.05, 3.63) is 76.1 Å². The van der Waals surface area contributed by atoms with E-state index in [1.54, 1.807) is 13.0 Å². The Labute approximate surface area is 233 Å². The zero-order valence-corrected chi connectivity index (χ0v) is 22.4. The minimum atomic E-state index is -0.963. The molecule has 0 spiro atoms. The van der Waals surface area contributed by atoms with Gasteiger partial charge in [-0.2, -0.15) is 4.98 Å². The van der Waals surface area contributed by atoms with E-state index in [9.17, 15) is 9.59 Å². The largest absolute Gasteiger partial charge is 0.467 e. The Balaban J connectivity index is 1.20. The molecule has 40 heavy (non-hydrogen) atoms. The van der Waals surface area contributed by atoms with Crippen molar-refractivity contribution in [3.8, 4) is 28.5 Å². The molecular weight excluding hydrogens is 539 g/mol. The van der Waals surface area contributed by atoms with Gasteiger partial charge in [0.05, 0.1) is 24.3 Å². The van der Waals surface area contributed by atoms with Crippen LogP contribution in [-0.2, 0) is 11.2 Å². The van der Waals surface area contributed by atoms with E-state index in [-0.39, 0.29) is 39.9 Å². The van der Waals surface area contributed by atoms with Crippen LogP contribution in [0.4, 0.5) is 4.39 Å². The molecule has 0 saturated heterocycles. The SMILES string of the molecule is COc1ncc(C(=O)NC2(C(=O)NC3CCc4cc(-c5cc(Cl)cc(F)c5-c5noc(C)n5)ccc43)CC2)cn1. The van der Waals surface area contributed by atoms with Crippen molar-refractivity contribution in [3.63, 3.8) is 0 Å². The molecule has 6 rings (SSSR count). The van der Waals surface area contributed by atoms with Crippen molar-refractivity contribution in [2.45, 2.75) is 44.2 Å². The van der Waals surface area contributed by atoms with E-state index in [1.807, 2.05) is 18.2 Å². The number of methoxy groups -OCH3 is 1. The van der Waals surface area contributed by atoms with Gasteiger partial charge in [0.25, 0.3) is 5.91 Å². The molecule has 204 valence electrons. The number of fused-ring (bicyclic) bond motifs is 1. The molecule has 1 saturated carbocycles. The first kappa shape index (κ1) is 25.9. The van der Waals surface area contributed by atoms with E-state index >= 15 is 4.39 Å². The molecule has 2 N–H and O–H groups in total. The van der Waals surface area contributed by atoms with E-state index in [2.05, 4.69) is 30.7 Å². The molecule has 2 amide bonds. The highest BCUT2D eigenvalue weighted by Crippen LogP contribution is 2.41. The number of benzene rings is 2. The summed E-state index contributed by atoms with van der Waals surface area (Å²) in [7, 11) is 1.44. The first-order valence-electron chi connectivity index (χ1n) is 12.7. The van der Waals surface area contributed by atoms with Gasteiger partial charge in [-0.15, -0.1) is 0 Å². The van der Waals surface area contributed by atoms with Crippen LogP contribution >= 0.6 is 11.6 Å². The van der Waals surface area contributed by atoms with Crippen LogP contribution in [-0.4, -0.2) is 44.6 Å². The van der Waals surface area contributed by atoms with E-state index in [1.165, 1.54) is 25.6 Å².